The maximum atomic E-state index is 12.2. The molecule has 0 bridgehead atoms. The van der Waals surface area contributed by atoms with E-state index in [2.05, 4.69) is 15.5 Å². The molecule has 4 rings (SSSR count). The zero-order valence-corrected chi connectivity index (χ0v) is 11.5. The third-order valence-corrected chi connectivity index (χ3v) is 4.62. The van der Waals surface area contributed by atoms with E-state index in [9.17, 15) is 4.79 Å². The normalized spacial score (nSPS) is 14.6. The van der Waals surface area contributed by atoms with Gasteiger partial charge in [0.15, 0.2) is 5.82 Å². The van der Waals surface area contributed by atoms with Gasteiger partial charge in [-0.1, -0.05) is 18.2 Å². The van der Waals surface area contributed by atoms with Gasteiger partial charge >= 0.3 is 0 Å². The van der Waals surface area contributed by atoms with Crippen molar-refractivity contribution in [1.82, 2.24) is 10.2 Å². The van der Waals surface area contributed by atoms with Gasteiger partial charge in [0.2, 0.25) is 0 Å². The summed E-state index contributed by atoms with van der Waals surface area (Å²) in [6, 6.07) is 11.9. The highest BCUT2D eigenvalue weighted by molar-refractivity contribution is 7.20. The van der Waals surface area contributed by atoms with Crippen LogP contribution in [0, 0.1) is 0 Å². The van der Waals surface area contributed by atoms with Crippen LogP contribution in [0.3, 0.4) is 0 Å². The number of carbonyl (C=O) groups is 1. The third-order valence-electron chi connectivity index (χ3n) is 3.51. The topological polar surface area (TPSA) is 57.8 Å². The number of hydrogen-bond acceptors (Lipinski definition) is 3. The Labute approximate surface area is 119 Å². The van der Waals surface area contributed by atoms with Crippen LogP contribution in [0.4, 0.5) is 5.82 Å². The lowest BCUT2D eigenvalue weighted by Gasteiger charge is -1.97. The second kappa shape index (κ2) is 4.45. The van der Waals surface area contributed by atoms with Crippen molar-refractivity contribution in [2.24, 2.45) is 0 Å². The summed E-state index contributed by atoms with van der Waals surface area (Å²) in [5.74, 6) is 1.12. The molecule has 1 saturated carbocycles. The molecule has 0 spiro atoms. The fourth-order valence-corrected chi connectivity index (χ4v) is 3.23. The summed E-state index contributed by atoms with van der Waals surface area (Å²) in [6.45, 7) is 0. The number of aromatic nitrogens is 2. The van der Waals surface area contributed by atoms with Crippen LogP contribution in [0.25, 0.3) is 10.1 Å². The number of H-pyrrole nitrogens is 1. The largest absolute Gasteiger partial charge is 0.304 e. The minimum absolute atomic E-state index is 0.0972. The zero-order chi connectivity index (χ0) is 13.5. The number of benzene rings is 1. The Balaban J connectivity index is 1.56. The monoisotopic (exact) mass is 283 g/mol. The zero-order valence-electron chi connectivity index (χ0n) is 10.7. The van der Waals surface area contributed by atoms with Crippen LogP contribution in [0.2, 0.25) is 0 Å². The summed E-state index contributed by atoms with van der Waals surface area (Å²) in [5, 5.41) is 11.1. The molecular weight excluding hydrogens is 270 g/mol. The van der Waals surface area contributed by atoms with E-state index in [-0.39, 0.29) is 5.91 Å². The van der Waals surface area contributed by atoms with E-state index in [1.807, 2.05) is 36.4 Å². The molecule has 1 aliphatic carbocycles. The first-order valence-electron chi connectivity index (χ1n) is 6.65. The first-order valence-corrected chi connectivity index (χ1v) is 7.46. The number of aromatic amines is 1. The lowest BCUT2D eigenvalue weighted by Crippen LogP contribution is -2.10. The summed E-state index contributed by atoms with van der Waals surface area (Å²) in [5.41, 5.74) is 1.12. The summed E-state index contributed by atoms with van der Waals surface area (Å²) in [6.07, 6.45) is 2.43. The summed E-state index contributed by atoms with van der Waals surface area (Å²) < 4.78 is 1.12. The van der Waals surface area contributed by atoms with Crippen molar-refractivity contribution in [3.8, 4) is 0 Å². The van der Waals surface area contributed by atoms with Crippen molar-refractivity contribution >= 4 is 33.1 Å². The fraction of sp³-hybridized carbons (Fsp3) is 0.200. The molecular formula is C15H13N3OS. The quantitative estimate of drug-likeness (QED) is 0.769. The van der Waals surface area contributed by atoms with Gasteiger partial charge in [0.25, 0.3) is 5.91 Å². The van der Waals surface area contributed by atoms with E-state index in [4.69, 9.17) is 0 Å². The molecule has 1 aliphatic rings. The predicted molar refractivity (Wildman–Crippen MR) is 80.3 cm³/mol. The van der Waals surface area contributed by atoms with E-state index >= 15 is 0 Å². The van der Waals surface area contributed by atoms with E-state index in [1.165, 1.54) is 24.2 Å². The van der Waals surface area contributed by atoms with E-state index in [1.54, 1.807) is 0 Å². The molecule has 0 unspecified atom stereocenters. The summed E-state index contributed by atoms with van der Waals surface area (Å²) in [4.78, 5) is 12.9. The Morgan fingerprint density at radius 1 is 1.30 bits per heavy atom. The lowest BCUT2D eigenvalue weighted by atomic mass is 10.2. The SMILES string of the molecule is O=C(Nc1cc(C2CC2)[nH]n1)c1cc2ccccc2s1. The van der Waals surface area contributed by atoms with Crippen molar-refractivity contribution in [3.63, 3.8) is 0 Å². The number of carbonyl (C=O) groups excluding carboxylic acids is 1. The van der Waals surface area contributed by atoms with Gasteiger partial charge in [0.05, 0.1) is 4.88 Å². The van der Waals surface area contributed by atoms with Crippen molar-refractivity contribution in [2.45, 2.75) is 18.8 Å². The highest BCUT2D eigenvalue weighted by Gasteiger charge is 2.25. The van der Waals surface area contributed by atoms with Crippen molar-refractivity contribution in [2.75, 3.05) is 5.32 Å². The summed E-state index contributed by atoms with van der Waals surface area (Å²) in [7, 11) is 0. The maximum absolute atomic E-state index is 12.2. The Morgan fingerprint density at radius 3 is 2.95 bits per heavy atom. The van der Waals surface area contributed by atoms with Crippen molar-refractivity contribution in [3.05, 3.63) is 47.0 Å². The molecule has 2 aromatic heterocycles. The number of nitrogens with zero attached hydrogens (tertiary/aromatic N) is 1. The molecule has 0 radical (unpaired) electrons. The van der Waals surface area contributed by atoms with Gasteiger partial charge < -0.3 is 5.32 Å². The van der Waals surface area contributed by atoms with Crippen LogP contribution in [0.5, 0.6) is 0 Å². The number of thiophene rings is 1. The van der Waals surface area contributed by atoms with Crippen molar-refractivity contribution in [1.29, 1.82) is 0 Å². The fourth-order valence-electron chi connectivity index (χ4n) is 2.28. The molecule has 2 heterocycles. The van der Waals surface area contributed by atoms with E-state index < -0.39 is 0 Å². The Hall–Kier alpha value is -2.14. The average Bonchev–Trinajstić information content (AvgIpc) is 3.04. The smallest absolute Gasteiger partial charge is 0.266 e. The number of nitrogens with one attached hydrogen (secondary N) is 2. The van der Waals surface area contributed by atoms with Gasteiger partial charge in [0, 0.05) is 22.4 Å². The molecule has 0 aliphatic heterocycles. The van der Waals surface area contributed by atoms with Crippen LogP contribution in [-0.2, 0) is 0 Å². The molecule has 100 valence electrons. The van der Waals surface area contributed by atoms with Crippen LogP contribution in [0.15, 0.2) is 36.4 Å². The van der Waals surface area contributed by atoms with Gasteiger partial charge in [-0.3, -0.25) is 9.89 Å². The van der Waals surface area contributed by atoms with Gasteiger partial charge in [-0.2, -0.15) is 5.10 Å². The number of hydrogen-bond donors (Lipinski definition) is 2. The molecule has 5 heteroatoms. The second-order valence-corrected chi connectivity index (χ2v) is 6.17. The highest BCUT2D eigenvalue weighted by atomic mass is 32.1. The number of amides is 1. The highest BCUT2D eigenvalue weighted by Crippen LogP contribution is 2.39. The van der Waals surface area contributed by atoms with Crippen LogP contribution < -0.4 is 5.32 Å². The average molecular weight is 283 g/mol. The van der Waals surface area contributed by atoms with Gasteiger partial charge in [-0.15, -0.1) is 11.3 Å². The Bertz CT molecular complexity index is 752. The van der Waals surface area contributed by atoms with Gasteiger partial charge in [-0.25, -0.2) is 0 Å². The molecule has 4 nitrogen and oxygen atoms in total. The minimum atomic E-state index is -0.0972. The molecule has 3 aromatic rings. The molecule has 1 fully saturated rings. The molecule has 0 atom stereocenters. The Kier molecular flexibility index (Phi) is 2.60. The molecule has 1 aromatic carbocycles. The lowest BCUT2D eigenvalue weighted by molar-refractivity contribution is 0.103. The first kappa shape index (κ1) is 11.7. The molecule has 0 saturated heterocycles. The summed E-state index contributed by atoms with van der Waals surface area (Å²) >= 11 is 1.50. The van der Waals surface area contributed by atoms with E-state index in [0.717, 1.165) is 15.8 Å². The number of rotatable bonds is 3. The van der Waals surface area contributed by atoms with E-state index in [0.29, 0.717) is 16.6 Å². The van der Waals surface area contributed by atoms with Crippen LogP contribution in [0.1, 0.15) is 34.1 Å². The first-order chi connectivity index (χ1) is 9.79. The van der Waals surface area contributed by atoms with Crippen LogP contribution >= 0.6 is 11.3 Å². The van der Waals surface area contributed by atoms with Crippen LogP contribution in [-0.4, -0.2) is 16.1 Å². The Morgan fingerprint density at radius 2 is 2.15 bits per heavy atom. The molecule has 20 heavy (non-hydrogen) atoms. The van der Waals surface area contributed by atoms with Gasteiger partial charge in [0.1, 0.15) is 0 Å². The molecule has 1 amide bonds. The van der Waals surface area contributed by atoms with Gasteiger partial charge in [-0.05, 0) is 30.4 Å². The predicted octanol–water partition coefficient (Wildman–Crippen LogP) is 3.75. The maximum Gasteiger partial charge on any atom is 0.266 e. The number of fused-ring (bicyclic) bond motifs is 1. The van der Waals surface area contributed by atoms with Crippen molar-refractivity contribution < 1.29 is 4.79 Å². The minimum Gasteiger partial charge on any atom is -0.304 e. The molecule has 2 N–H and O–H groups in total. The standard InChI is InChI=1S/C15H13N3OS/c19-15(13-7-10-3-1-2-4-12(10)20-13)16-14-8-11(17-18-14)9-5-6-9/h1-4,7-9H,5-6H2,(H2,16,17,18,19). The second-order valence-electron chi connectivity index (χ2n) is 5.09. The third kappa shape index (κ3) is 2.10. The number of anilines is 1.